The van der Waals surface area contributed by atoms with Crippen LogP contribution in [0.4, 0.5) is 26.3 Å². The molecule has 0 amide bonds. The number of ether oxygens (including phenoxy) is 16. The van der Waals surface area contributed by atoms with E-state index >= 15 is 0 Å². The van der Waals surface area contributed by atoms with Gasteiger partial charge in [-0.25, -0.2) is 9.59 Å². The summed E-state index contributed by atoms with van der Waals surface area (Å²) in [5, 5.41) is 44.4. The summed E-state index contributed by atoms with van der Waals surface area (Å²) in [7, 11) is 1.08. The Hall–Kier alpha value is -8.43. The Labute approximate surface area is 831 Å². The van der Waals surface area contributed by atoms with Crippen molar-refractivity contribution >= 4 is 32.1 Å². The van der Waals surface area contributed by atoms with Crippen molar-refractivity contribution in [3.63, 3.8) is 0 Å². The summed E-state index contributed by atoms with van der Waals surface area (Å²) in [5.74, 6) is 0.941. The van der Waals surface area contributed by atoms with Gasteiger partial charge >= 0.3 is 24.3 Å². The molecule has 15 atom stereocenters. The number of carbonyl (C=O) groups excluding carboxylic acids is 3. The van der Waals surface area contributed by atoms with E-state index in [0.29, 0.717) is 109 Å². The van der Waals surface area contributed by atoms with E-state index in [0.717, 1.165) is 116 Å². The fourth-order valence-electron chi connectivity index (χ4n) is 14.4. The van der Waals surface area contributed by atoms with Gasteiger partial charge in [-0.1, -0.05) is 203 Å². The molecule has 32 heteroatoms. The molecule has 5 N–H and O–H groups in total. The molecule has 9 aliphatic heterocycles. The van der Waals surface area contributed by atoms with Crippen LogP contribution in [0.15, 0.2) is 207 Å². The average molecular weight is 2010 g/mol. The maximum absolute atomic E-state index is 13.3. The summed E-state index contributed by atoms with van der Waals surface area (Å²) in [6.07, 6.45) is 14.6. The van der Waals surface area contributed by atoms with Crippen LogP contribution in [0.2, 0.25) is 0 Å². The Bertz CT molecular complexity index is 4180. The van der Waals surface area contributed by atoms with Crippen molar-refractivity contribution in [2.45, 2.75) is 274 Å². The largest absolute Gasteiger partial charge is 0.496 e. The van der Waals surface area contributed by atoms with Gasteiger partial charge in [0, 0.05) is 33.0 Å². The lowest BCUT2D eigenvalue weighted by Gasteiger charge is -2.40. The minimum Gasteiger partial charge on any atom is -0.496 e. The van der Waals surface area contributed by atoms with Gasteiger partial charge in [0.25, 0.3) is 0 Å². The van der Waals surface area contributed by atoms with Crippen molar-refractivity contribution in [3.05, 3.63) is 240 Å². The molecule has 15 rings (SSSR count). The van der Waals surface area contributed by atoms with Gasteiger partial charge < -0.3 is 101 Å². The van der Waals surface area contributed by atoms with Gasteiger partial charge in [0.1, 0.15) is 18.8 Å². The molecule has 25 nitrogen and oxygen atoms in total. The lowest BCUT2D eigenvalue weighted by Crippen LogP contribution is -2.57. The molecular weight excluding hydrogens is 1850 g/mol. The molecule has 7 saturated heterocycles. The monoisotopic (exact) mass is 2010 g/mol. The number of carboxylic acids is 1. The third-order valence-electron chi connectivity index (χ3n) is 23.0. The van der Waals surface area contributed by atoms with Gasteiger partial charge in [0.15, 0.2) is 17.5 Å². The summed E-state index contributed by atoms with van der Waals surface area (Å²) in [6.45, 7) is 21.3. The van der Waals surface area contributed by atoms with E-state index in [-0.39, 0.29) is 94.7 Å². The number of carboxylic acid groups (broad SMARTS) is 1. The molecule has 0 spiro atoms. The number of benzene rings is 6. The lowest BCUT2D eigenvalue weighted by atomic mass is 9.92. The number of alkyl halides is 6. The van der Waals surface area contributed by atoms with Crippen LogP contribution in [0.5, 0.6) is 0 Å². The third kappa shape index (κ3) is 54.9. The first-order valence-electron chi connectivity index (χ1n) is 48.7. The van der Waals surface area contributed by atoms with Gasteiger partial charge in [-0.3, -0.25) is 9.59 Å². The first-order valence-corrected chi connectivity index (χ1v) is 50.7. The third-order valence-corrected chi connectivity index (χ3v) is 23.0. The summed E-state index contributed by atoms with van der Waals surface area (Å²) in [4.78, 5) is 43.5. The van der Waals surface area contributed by atoms with Crippen LogP contribution in [-0.2, 0) is 135 Å². The number of aliphatic carboxylic acids is 1. The van der Waals surface area contributed by atoms with Gasteiger partial charge in [-0.2, -0.15) is 26.3 Å². The van der Waals surface area contributed by atoms with Crippen LogP contribution in [0.3, 0.4) is 0 Å². The van der Waals surface area contributed by atoms with Crippen molar-refractivity contribution in [1.82, 2.24) is 0 Å². The second-order valence-electron chi connectivity index (χ2n) is 35.8. The smallest absolute Gasteiger partial charge is 0.430 e. The Morgan fingerprint density at radius 3 is 1.04 bits per heavy atom. The van der Waals surface area contributed by atoms with Gasteiger partial charge in [-0.05, 0) is 186 Å². The number of ketones is 2. The molecule has 786 valence electrons. The van der Waals surface area contributed by atoms with Crippen LogP contribution < -0.4 is 0 Å². The number of terminal acetylenes is 1. The number of allylic oxidation sites excluding steroid dienone is 2. The number of esters is 1. The number of aliphatic hydroxyl groups is 4. The zero-order chi connectivity index (χ0) is 103. The normalized spacial score (nSPS) is 24.9. The fourth-order valence-corrected chi connectivity index (χ4v) is 14.4. The van der Waals surface area contributed by atoms with Crippen LogP contribution in [0, 0.1) is 30.1 Å². The van der Waals surface area contributed by atoms with Crippen molar-refractivity contribution in [2.24, 2.45) is 17.8 Å². The SMILES string of the molecule is C#CC.C1=COC(COCc2ccccc2)CC1.CC(=O)C(=O)OC1(C(F)(F)F)CCC(COCc2ccccc2)OC1.CPC.C[C@@H]1CC[C@@H](C(=O)O)OC1.C[C@@H]1CC[C@@H](CO)OC1.C[C@H]1CC[C@H](COCc2ccccc2)OC1.O=C1CCC(COCc2ccccc2)OC1.OC1(C(F)(F)F)CCC(COCc2ccccc2)OC1.OC1CCC(COCc2ccccc2)OC1.OCC1CCC=CO1. The molecule has 6 aromatic rings. The van der Waals surface area contributed by atoms with Crippen LogP contribution >= 0.6 is 8.58 Å². The van der Waals surface area contributed by atoms with Gasteiger partial charge in [-0.15, -0.1) is 20.9 Å². The molecule has 9 aliphatic rings. The number of aliphatic hydroxyl groups excluding tert-OH is 3. The molecular formula is C109H153F6O25P. The molecule has 9 heterocycles. The minimum atomic E-state index is -4.83. The van der Waals surface area contributed by atoms with E-state index in [1.54, 1.807) is 19.4 Å². The standard InChI is InChI=1S/C17H19F3O5.C14H17F3O3.C14H20O2.C13H18O3.C13H16O3.C13H16O2.C7H12O3.C7H14O2.C6H10O2.C3H4.C2H7P/c1-12(21)15(22)25-16(17(18,19)20)8-7-14(24-11-16)10-23-9-13-5-3-2-4-6-13;15-14(16,17)13(18)7-6-12(20-10-13)9-19-8-11-4-2-1-3-5-11;1-12-7-8-14(16-9-12)11-15-10-13-5-3-2-4-6-13;2*14-12-6-7-13(16-9-12)10-15-8-11-4-2-1-3-5-11;1-2-6-12(7-3-1)10-14-11-13-8-4-5-9-15-13;1-5-2-3-6(7(8)9)10-4-5;1-6-2-3-7(4-8)9-5-6;7-5-6-3-1-2-4-8-6;2*1-3-2/h2-6,14H,7-11H2,1H3;1-5,12,18H,6-10H2;2-6,12,14H,7-11H2,1H3;1-5,12-14H,6-10H2;1-5,13H,6-10H2;1-3,5-7,9,13H,4,8,10-11H2;5-6H,2-4H2,1H3,(H,8,9);6-8H,2-5H2,1H3;2,4,6-7H,1,3,5H2;1H,2H3;3H,1-2H3/t;;12-,14+;;;;5-,6+;6-,7+;;;/m..0...11.../s1. The first-order chi connectivity index (χ1) is 67.9. The number of hydrogen-bond donors (Lipinski definition) is 5. The van der Waals surface area contributed by atoms with Gasteiger partial charge in [0.05, 0.1) is 174 Å². The highest BCUT2D eigenvalue weighted by atomic mass is 31.1. The highest BCUT2D eigenvalue weighted by molar-refractivity contribution is 7.35. The second-order valence-corrected chi connectivity index (χ2v) is 36.8. The molecule has 0 bridgehead atoms. The molecule has 141 heavy (non-hydrogen) atoms. The molecule has 0 aliphatic carbocycles. The summed E-state index contributed by atoms with van der Waals surface area (Å²) in [5.41, 5.74) is 1.21. The highest BCUT2D eigenvalue weighted by Gasteiger charge is 2.61. The Kier molecular flexibility index (Phi) is 63.5. The Balaban J connectivity index is 0.000000282. The Morgan fingerprint density at radius 2 is 0.766 bits per heavy atom. The molecule has 0 saturated carbocycles. The average Bonchev–Trinajstić information content (AvgIpc) is 0.795. The summed E-state index contributed by atoms with van der Waals surface area (Å²) < 4.78 is 163. The maximum atomic E-state index is 13.3. The molecule has 0 radical (unpaired) electrons. The van der Waals surface area contributed by atoms with E-state index in [1.807, 2.05) is 170 Å². The predicted octanol–water partition coefficient (Wildman–Crippen LogP) is 19.0. The quantitative estimate of drug-likeness (QED) is 0.00957. The van der Waals surface area contributed by atoms with Crippen molar-refractivity contribution in [1.29, 1.82) is 0 Å². The van der Waals surface area contributed by atoms with Crippen molar-refractivity contribution < 1.29 is 147 Å². The zero-order valence-electron chi connectivity index (χ0n) is 83.0. The fraction of sp³-hybridized carbons (Fsp3) is 0.578. The van der Waals surface area contributed by atoms with E-state index < -0.39 is 79.2 Å². The number of rotatable bonds is 29. The predicted molar refractivity (Wildman–Crippen MR) is 527 cm³/mol. The molecule has 0 aromatic heterocycles. The summed E-state index contributed by atoms with van der Waals surface area (Å²) in [6, 6.07) is 59.4. The summed E-state index contributed by atoms with van der Waals surface area (Å²) >= 11 is 0. The van der Waals surface area contributed by atoms with Crippen LogP contribution in [0.25, 0.3) is 0 Å². The number of hydrogen-bond acceptors (Lipinski definition) is 24. The topological polar surface area (TPSA) is 317 Å². The van der Waals surface area contributed by atoms with E-state index in [1.165, 1.54) is 29.5 Å². The maximum Gasteiger partial charge on any atom is 0.430 e. The number of halogens is 6. The second kappa shape index (κ2) is 72.8. The van der Waals surface area contributed by atoms with E-state index in [2.05, 4.69) is 75.4 Å². The highest BCUT2D eigenvalue weighted by Crippen LogP contribution is 2.42. The van der Waals surface area contributed by atoms with Crippen molar-refractivity contribution in [2.75, 3.05) is 112 Å². The molecule has 7 fully saturated rings. The molecule has 6 aromatic carbocycles. The van der Waals surface area contributed by atoms with Crippen molar-refractivity contribution in [3.8, 4) is 12.3 Å². The number of carbonyl (C=O) groups is 4. The van der Waals surface area contributed by atoms with E-state index in [9.17, 15) is 55.7 Å². The first kappa shape index (κ1) is 123. The minimum absolute atomic E-state index is 0.000511. The number of Topliss-reactive ketones (excluding diaryl/α,β-unsaturated/α-hetero) is 2. The zero-order valence-corrected chi connectivity index (χ0v) is 84.0. The van der Waals surface area contributed by atoms with Crippen LogP contribution in [-0.4, -0.2) is 246 Å². The Morgan fingerprint density at radius 1 is 0.433 bits per heavy atom. The van der Waals surface area contributed by atoms with E-state index in [4.69, 9.17) is 86.4 Å². The lowest BCUT2D eigenvalue weighted by molar-refractivity contribution is -0.301. The van der Waals surface area contributed by atoms with Crippen LogP contribution in [0.1, 0.15) is 184 Å². The van der Waals surface area contributed by atoms with Gasteiger partial charge in [0.2, 0.25) is 11.4 Å². The molecule has 9 unspecified atom stereocenters.